The molecule has 1 aliphatic heterocycles. The number of carbonyl (C=O) groups is 1. The summed E-state index contributed by atoms with van der Waals surface area (Å²) >= 11 is 0. The summed E-state index contributed by atoms with van der Waals surface area (Å²) in [6.07, 6.45) is 7.00. The maximum Gasteiger partial charge on any atom is 0.327 e. The Hall–Kier alpha value is -3.46. The monoisotopic (exact) mass is 406 g/mol. The molecule has 0 aromatic carbocycles. The molecule has 1 fully saturated rings. The number of nitrogens with one attached hydrogen (secondary N) is 3. The van der Waals surface area contributed by atoms with Gasteiger partial charge in [0.1, 0.15) is 5.65 Å². The van der Waals surface area contributed by atoms with Crippen molar-refractivity contribution in [2.24, 2.45) is 5.92 Å². The summed E-state index contributed by atoms with van der Waals surface area (Å²) in [5.74, 6) is 0.233. The number of aromatic nitrogens is 5. The smallest absolute Gasteiger partial charge is 0.327 e. The van der Waals surface area contributed by atoms with Crippen molar-refractivity contribution >= 4 is 28.1 Å². The molecular weight excluding hydrogens is 384 g/mol. The first-order chi connectivity index (χ1) is 14.6. The topological polar surface area (TPSA) is 118 Å². The van der Waals surface area contributed by atoms with Crippen molar-refractivity contribution in [3.05, 3.63) is 46.8 Å². The van der Waals surface area contributed by atoms with E-state index in [4.69, 9.17) is 4.74 Å². The lowest BCUT2D eigenvalue weighted by molar-refractivity contribution is 0.0613. The van der Waals surface area contributed by atoms with Crippen molar-refractivity contribution in [1.82, 2.24) is 29.8 Å². The SMILES string of the molecule is CNC(=O)c1c[nH]c2ncc(-c3cnc4[nH]c(=O)n(CC5CCOCC5)c4c3)cc12. The molecule has 1 aliphatic rings. The Labute approximate surface area is 171 Å². The number of carbonyl (C=O) groups excluding carboxylic acids is 1. The number of pyridine rings is 2. The first-order valence-corrected chi connectivity index (χ1v) is 10.00. The van der Waals surface area contributed by atoms with E-state index in [2.05, 4.69) is 25.3 Å². The van der Waals surface area contributed by atoms with Crippen LogP contribution in [0.2, 0.25) is 0 Å². The van der Waals surface area contributed by atoms with E-state index < -0.39 is 0 Å². The highest BCUT2D eigenvalue weighted by atomic mass is 16.5. The Morgan fingerprint density at radius 3 is 2.70 bits per heavy atom. The predicted octanol–water partition coefficient (Wildman–Crippen LogP) is 2.05. The van der Waals surface area contributed by atoms with Crippen LogP contribution in [-0.2, 0) is 11.3 Å². The van der Waals surface area contributed by atoms with Crippen LogP contribution in [0.1, 0.15) is 23.2 Å². The van der Waals surface area contributed by atoms with E-state index in [1.54, 1.807) is 30.2 Å². The van der Waals surface area contributed by atoms with Gasteiger partial charge in [-0.15, -0.1) is 0 Å². The Morgan fingerprint density at radius 2 is 1.93 bits per heavy atom. The number of ether oxygens (including phenoxy) is 1. The largest absolute Gasteiger partial charge is 0.381 e. The van der Waals surface area contributed by atoms with Crippen LogP contribution >= 0.6 is 0 Å². The summed E-state index contributed by atoms with van der Waals surface area (Å²) in [5.41, 5.74) is 4.02. The Morgan fingerprint density at radius 1 is 1.20 bits per heavy atom. The molecule has 5 rings (SSSR count). The number of nitrogens with zero attached hydrogens (tertiary/aromatic N) is 3. The number of amides is 1. The molecule has 0 aliphatic carbocycles. The summed E-state index contributed by atoms with van der Waals surface area (Å²) in [6, 6.07) is 3.87. The average Bonchev–Trinajstić information content (AvgIpc) is 3.34. The minimum atomic E-state index is -0.176. The average molecular weight is 406 g/mol. The van der Waals surface area contributed by atoms with Crippen LogP contribution in [0.3, 0.4) is 0 Å². The highest BCUT2D eigenvalue weighted by molar-refractivity contribution is 6.06. The summed E-state index contributed by atoms with van der Waals surface area (Å²) < 4.78 is 7.19. The van der Waals surface area contributed by atoms with Gasteiger partial charge in [0, 0.05) is 61.9 Å². The lowest BCUT2D eigenvalue weighted by Gasteiger charge is -2.22. The van der Waals surface area contributed by atoms with Crippen LogP contribution in [-0.4, -0.2) is 50.7 Å². The van der Waals surface area contributed by atoms with Crippen molar-refractivity contribution in [3.8, 4) is 11.1 Å². The quantitative estimate of drug-likeness (QED) is 0.479. The third-order valence-electron chi connectivity index (χ3n) is 5.75. The zero-order chi connectivity index (χ0) is 20.7. The minimum absolute atomic E-state index is 0.151. The molecule has 30 heavy (non-hydrogen) atoms. The molecule has 1 saturated heterocycles. The number of hydrogen-bond donors (Lipinski definition) is 3. The first kappa shape index (κ1) is 18.6. The highest BCUT2D eigenvalue weighted by Gasteiger charge is 2.18. The van der Waals surface area contributed by atoms with Gasteiger partial charge < -0.3 is 15.0 Å². The summed E-state index contributed by atoms with van der Waals surface area (Å²) in [6.45, 7) is 2.12. The predicted molar refractivity (Wildman–Crippen MR) is 112 cm³/mol. The zero-order valence-electron chi connectivity index (χ0n) is 16.6. The lowest BCUT2D eigenvalue weighted by atomic mass is 10.0. The van der Waals surface area contributed by atoms with Gasteiger partial charge in [0.25, 0.3) is 5.91 Å². The second kappa shape index (κ2) is 7.42. The van der Waals surface area contributed by atoms with E-state index in [1.165, 1.54) is 0 Å². The molecule has 0 saturated carbocycles. The van der Waals surface area contributed by atoms with Crippen molar-refractivity contribution in [2.45, 2.75) is 19.4 Å². The number of hydrogen-bond acceptors (Lipinski definition) is 5. The van der Waals surface area contributed by atoms with Gasteiger partial charge in [-0.3, -0.25) is 14.3 Å². The normalized spacial score (nSPS) is 15.1. The van der Waals surface area contributed by atoms with Crippen molar-refractivity contribution < 1.29 is 9.53 Å². The highest BCUT2D eigenvalue weighted by Crippen LogP contribution is 2.27. The summed E-state index contributed by atoms with van der Waals surface area (Å²) in [5, 5.41) is 3.38. The number of fused-ring (bicyclic) bond motifs is 2. The van der Waals surface area contributed by atoms with Crippen LogP contribution in [0.15, 0.2) is 35.5 Å². The third-order valence-corrected chi connectivity index (χ3v) is 5.75. The Kier molecular flexibility index (Phi) is 4.59. The maximum absolute atomic E-state index is 12.5. The molecule has 9 heteroatoms. The summed E-state index contributed by atoms with van der Waals surface area (Å²) in [7, 11) is 1.60. The van der Waals surface area contributed by atoms with Gasteiger partial charge in [0.05, 0.1) is 11.1 Å². The molecule has 4 aromatic heterocycles. The molecule has 9 nitrogen and oxygen atoms in total. The molecule has 3 N–H and O–H groups in total. The first-order valence-electron chi connectivity index (χ1n) is 10.00. The van der Waals surface area contributed by atoms with E-state index in [1.807, 2.05) is 12.1 Å². The molecule has 5 heterocycles. The van der Waals surface area contributed by atoms with Crippen molar-refractivity contribution in [3.63, 3.8) is 0 Å². The fourth-order valence-corrected chi connectivity index (χ4v) is 4.04. The minimum Gasteiger partial charge on any atom is -0.381 e. The van der Waals surface area contributed by atoms with Crippen molar-refractivity contribution in [2.75, 3.05) is 20.3 Å². The Balaban J connectivity index is 1.57. The number of H-pyrrole nitrogens is 2. The zero-order valence-corrected chi connectivity index (χ0v) is 16.6. The number of rotatable bonds is 4. The van der Waals surface area contributed by atoms with Gasteiger partial charge in [-0.25, -0.2) is 14.8 Å². The molecule has 154 valence electrons. The molecule has 4 aromatic rings. The fraction of sp³-hybridized carbons (Fsp3) is 0.333. The van der Waals surface area contributed by atoms with E-state index in [0.717, 1.165) is 48.1 Å². The lowest BCUT2D eigenvalue weighted by Crippen LogP contribution is -2.25. The van der Waals surface area contributed by atoms with Crippen LogP contribution in [0.5, 0.6) is 0 Å². The van der Waals surface area contributed by atoms with Gasteiger partial charge in [0.2, 0.25) is 0 Å². The Bertz CT molecular complexity index is 1300. The molecule has 0 atom stereocenters. The van der Waals surface area contributed by atoms with Crippen LogP contribution in [0, 0.1) is 5.92 Å². The van der Waals surface area contributed by atoms with Gasteiger partial charge in [-0.2, -0.15) is 0 Å². The fourth-order valence-electron chi connectivity index (χ4n) is 4.04. The molecule has 0 unspecified atom stereocenters. The number of imidazole rings is 1. The van der Waals surface area contributed by atoms with Gasteiger partial charge in [-0.05, 0) is 30.9 Å². The van der Waals surface area contributed by atoms with Crippen LogP contribution in [0.4, 0.5) is 0 Å². The van der Waals surface area contributed by atoms with E-state index in [0.29, 0.717) is 29.3 Å². The number of aromatic amines is 2. The van der Waals surface area contributed by atoms with Crippen LogP contribution < -0.4 is 11.0 Å². The second-order valence-electron chi connectivity index (χ2n) is 7.59. The van der Waals surface area contributed by atoms with E-state index >= 15 is 0 Å². The maximum atomic E-state index is 12.5. The third kappa shape index (κ3) is 3.17. The standard InChI is InChI=1S/C21H22N6O3/c1-22-20(28)16-10-25-18-15(16)6-13(8-23-18)14-7-17-19(24-9-14)26-21(29)27(17)11-12-2-4-30-5-3-12/h6-10,12H,2-5,11H2,1H3,(H,22,28)(H,23,25)(H,24,26,29). The van der Waals surface area contributed by atoms with E-state index in [-0.39, 0.29) is 11.6 Å². The molecule has 0 radical (unpaired) electrons. The van der Waals surface area contributed by atoms with Gasteiger partial charge >= 0.3 is 5.69 Å². The van der Waals surface area contributed by atoms with Crippen LogP contribution in [0.25, 0.3) is 33.3 Å². The van der Waals surface area contributed by atoms with Gasteiger partial charge in [-0.1, -0.05) is 0 Å². The van der Waals surface area contributed by atoms with Gasteiger partial charge in [0.15, 0.2) is 5.65 Å². The molecule has 1 amide bonds. The van der Waals surface area contributed by atoms with E-state index in [9.17, 15) is 9.59 Å². The second-order valence-corrected chi connectivity index (χ2v) is 7.59. The van der Waals surface area contributed by atoms with Crippen molar-refractivity contribution in [1.29, 1.82) is 0 Å². The molecule has 0 bridgehead atoms. The molecular formula is C21H22N6O3. The molecule has 0 spiro atoms. The summed E-state index contributed by atoms with van der Waals surface area (Å²) in [4.78, 5) is 39.4.